The molecule has 0 saturated heterocycles. The highest BCUT2D eigenvalue weighted by atomic mass is 35.5. The lowest BCUT2D eigenvalue weighted by Gasteiger charge is -2.38. The summed E-state index contributed by atoms with van der Waals surface area (Å²) in [7, 11) is 1.80. The number of carbonyl (C=O) groups is 1. The number of halogens is 1. The minimum absolute atomic E-state index is 0. The predicted octanol–water partition coefficient (Wildman–Crippen LogP) is 2.95. The molecule has 0 atom stereocenters. The van der Waals surface area contributed by atoms with Crippen LogP contribution in [-0.4, -0.2) is 26.0 Å². The van der Waals surface area contributed by atoms with Gasteiger partial charge in [0.1, 0.15) is 0 Å². The molecular weight excluding hydrogens is 284 g/mol. The molecule has 1 aliphatic carbocycles. The zero-order valence-electron chi connectivity index (χ0n) is 13.1. The summed E-state index contributed by atoms with van der Waals surface area (Å²) in [5, 5.41) is 6.02. The lowest BCUT2D eigenvalue weighted by atomic mass is 9.69. The number of carbonyl (C=O) groups excluding carboxylic acids is 1. The first-order chi connectivity index (χ1) is 9.66. The molecule has 2 rings (SSSR count). The average molecular weight is 311 g/mol. The molecule has 118 valence electrons. The van der Waals surface area contributed by atoms with Crippen LogP contribution in [0.2, 0.25) is 0 Å². The Labute approximate surface area is 134 Å². The highest BCUT2D eigenvalue weighted by Gasteiger charge is 2.34. The van der Waals surface area contributed by atoms with Gasteiger partial charge in [-0.15, -0.1) is 12.4 Å². The quantitative estimate of drug-likeness (QED) is 0.878. The molecular formula is C17H27ClN2O. The second-order valence-electron chi connectivity index (χ2n) is 6.02. The molecule has 0 bridgehead atoms. The van der Waals surface area contributed by atoms with E-state index >= 15 is 0 Å². The Hall–Kier alpha value is -1.06. The zero-order chi connectivity index (χ0) is 14.4. The van der Waals surface area contributed by atoms with Gasteiger partial charge in [0.05, 0.1) is 6.54 Å². The van der Waals surface area contributed by atoms with E-state index in [4.69, 9.17) is 0 Å². The molecule has 0 heterocycles. The van der Waals surface area contributed by atoms with Crippen molar-refractivity contribution in [2.45, 2.75) is 44.4 Å². The van der Waals surface area contributed by atoms with E-state index in [1.807, 2.05) is 0 Å². The average Bonchev–Trinajstić information content (AvgIpc) is 2.46. The Bertz CT molecular complexity index is 456. The van der Waals surface area contributed by atoms with E-state index in [2.05, 4.69) is 41.8 Å². The van der Waals surface area contributed by atoms with Crippen LogP contribution in [0.1, 0.15) is 43.2 Å². The summed E-state index contributed by atoms with van der Waals surface area (Å²) in [5.41, 5.74) is 2.82. The topological polar surface area (TPSA) is 41.1 Å². The Morgan fingerprint density at radius 2 is 1.95 bits per heavy atom. The highest BCUT2D eigenvalue weighted by molar-refractivity contribution is 5.85. The van der Waals surface area contributed by atoms with Gasteiger partial charge < -0.3 is 10.6 Å². The van der Waals surface area contributed by atoms with Gasteiger partial charge in [-0.3, -0.25) is 4.79 Å². The first kappa shape index (κ1) is 18.0. The molecule has 0 unspecified atom stereocenters. The maximum absolute atomic E-state index is 11.8. The van der Waals surface area contributed by atoms with E-state index in [1.165, 1.54) is 43.2 Å². The van der Waals surface area contributed by atoms with Crippen molar-refractivity contribution < 1.29 is 4.79 Å². The molecule has 0 aliphatic heterocycles. The van der Waals surface area contributed by atoms with Gasteiger partial charge in [-0.25, -0.2) is 0 Å². The van der Waals surface area contributed by atoms with E-state index in [1.54, 1.807) is 7.05 Å². The third-order valence-electron chi connectivity index (χ3n) is 4.40. The standard InChI is InChI=1S/C17H26N2O.ClH/c1-14-7-6-8-15(11-14)17(9-4-3-5-10-17)13-19-16(20)12-18-2;/h6-8,11,18H,3-5,9-10,12-13H2,1-2H3,(H,19,20);1H. The molecule has 1 saturated carbocycles. The van der Waals surface area contributed by atoms with E-state index in [0.717, 1.165) is 6.54 Å². The molecule has 1 aromatic carbocycles. The fraction of sp³-hybridized carbons (Fsp3) is 0.588. The number of likely N-dealkylation sites (N-methyl/N-ethyl adjacent to an activating group) is 1. The van der Waals surface area contributed by atoms with Crippen molar-refractivity contribution in [1.82, 2.24) is 10.6 Å². The van der Waals surface area contributed by atoms with Crippen LogP contribution in [0.4, 0.5) is 0 Å². The monoisotopic (exact) mass is 310 g/mol. The maximum atomic E-state index is 11.8. The number of amides is 1. The van der Waals surface area contributed by atoms with Crippen LogP contribution < -0.4 is 10.6 Å². The number of hydrogen-bond donors (Lipinski definition) is 2. The largest absolute Gasteiger partial charge is 0.354 e. The second kappa shape index (κ2) is 8.40. The lowest BCUT2D eigenvalue weighted by molar-refractivity contribution is -0.120. The smallest absolute Gasteiger partial charge is 0.233 e. The van der Waals surface area contributed by atoms with Gasteiger partial charge in [-0.1, -0.05) is 49.1 Å². The molecule has 1 fully saturated rings. The van der Waals surface area contributed by atoms with Gasteiger partial charge in [0, 0.05) is 12.0 Å². The van der Waals surface area contributed by atoms with Gasteiger partial charge in [0.2, 0.25) is 5.91 Å². The fourth-order valence-corrected chi connectivity index (χ4v) is 3.26. The summed E-state index contributed by atoms with van der Waals surface area (Å²) in [4.78, 5) is 11.8. The van der Waals surface area contributed by atoms with E-state index in [9.17, 15) is 4.79 Å². The molecule has 2 N–H and O–H groups in total. The minimum Gasteiger partial charge on any atom is -0.354 e. The van der Waals surface area contributed by atoms with Crippen LogP contribution in [-0.2, 0) is 10.2 Å². The number of benzene rings is 1. The Kier molecular flexibility index (Phi) is 7.20. The van der Waals surface area contributed by atoms with Crippen LogP contribution >= 0.6 is 12.4 Å². The molecule has 0 radical (unpaired) electrons. The van der Waals surface area contributed by atoms with Crippen molar-refractivity contribution in [1.29, 1.82) is 0 Å². The predicted molar refractivity (Wildman–Crippen MR) is 90.1 cm³/mol. The molecule has 4 heteroatoms. The highest BCUT2D eigenvalue weighted by Crippen LogP contribution is 2.39. The summed E-state index contributed by atoms with van der Waals surface area (Å²) in [6.45, 7) is 3.29. The van der Waals surface area contributed by atoms with Crippen molar-refractivity contribution in [3.05, 3.63) is 35.4 Å². The summed E-state index contributed by atoms with van der Waals surface area (Å²) in [5.74, 6) is 0.0881. The van der Waals surface area contributed by atoms with Gasteiger partial charge in [0.25, 0.3) is 0 Å². The number of aryl methyl sites for hydroxylation is 1. The number of rotatable bonds is 5. The maximum Gasteiger partial charge on any atom is 0.233 e. The molecule has 21 heavy (non-hydrogen) atoms. The van der Waals surface area contributed by atoms with E-state index < -0.39 is 0 Å². The van der Waals surface area contributed by atoms with Gasteiger partial charge >= 0.3 is 0 Å². The van der Waals surface area contributed by atoms with Crippen LogP contribution in [0.3, 0.4) is 0 Å². The van der Waals surface area contributed by atoms with Crippen LogP contribution in [0.5, 0.6) is 0 Å². The van der Waals surface area contributed by atoms with Crippen LogP contribution in [0.25, 0.3) is 0 Å². The first-order valence-electron chi connectivity index (χ1n) is 7.65. The van der Waals surface area contributed by atoms with Crippen molar-refractivity contribution in [2.24, 2.45) is 0 Å². The third kappa shape index (κ3) is 4.72. The van der Waals surface area contributed by atoms with Gasteiger partial charge in [-0.2, -0.15) is 0 Å². The fourth-order valence-electron chi connectivity index (χ4n) is 3.26. The van der Waals surface area contributed by atoms with Gasteiger partial charge in [0.15, 0.2) is 0 Å². The summed E-state index contributed by atoms with van der Waals surface area (Å²) < 4.78 is 0. The summed E-state index contributed by atoms with van der Waals surface area (Å²) >= 11 is 0. The molecule has 0 spiro atoms. The number of hydrogen-bond acceptors (Lipinski definition) is 2. The van der Waals surface area contributed by atoms with Crippen molar-refractivity contribution >= 4 is 18.3 Å². The normalized spacial score (nSPS) is 16.9. The Balaban J connectivity index is 0.00000220. The molecule has 1 amide bonds. The zero-order valence-corrected chi connectivity index (χ0v) is 13.9. The molecule has 3 nitrogen and oxygen atoms in total. The van der Waals surface area contributed by atoms with E-state index in [0.29, 0.717) is 6.54 Å². The van der Waals surface area contributed by atoms with Crippen LogP contribution in [0, 0.1) is 6.92 Å². The Morgan fingerprint density at radius 1 is 1.24 bits per heavy atom. The third-order valence-corrected chi connectivity index (χ3v) is 4.40. The molecule has 0 aromatic heterocycles. The lowest BCUT2D eigenvalue weighted by Crippen LogP contribution is -2.44. The molecule has 1 aliphatic rings. The summed E-state index contributed by atoms with van der Waals surface area (Å²) in [6, 6.07) is 8.79. The minimum atomic E-state index is 0. The van der Waals surface area contributed by atoms with Crippen molar-refractivity contribution in [3.63, 3.8) is 0 Å². The van der Waals surface area contributed by atoms with Crippen molar-refractivity contribution in [2.75, 3.05) is 20.1 Å². The Morgan fingerprint density at radius 3 is 2.57 bits per heavy atom. The second-order valence-corrected chi connectivity index (χ2v) is 6.02. The summed E-state index contributed by atoms with van der Waals surface area (Å²) in [6.07, 6.45) is 6.19. The van der Waals surface area contributed by atoms with Crippen molar-refractivity contribution in [3.8, 4) is 0 Å². The SMILES string of the molecule is CNCC(=O)NCC1(c2cccc(C)c2)CCCCC1.Cl. The van der Waals surface area contributed by atoms with E-state index in [-0.39, 0.29) is 23.7 Å². The van der Waals surface area contributed by atoms with Gasteiger partial charge in [-0.05, 0) is 32.4 Å². The number of nitrogens with one attached hydrogen (secondary N) is 2. The first-order valence-corrected chi connectivity index (χ1v) is 7.65. The van der Waals surface area contributed by atoms with Crippen LogP contribution in [0.15, 0.2) is 24.3 Å². The molecule has 1 aromatic rings.